The van der Waals surface area contributed by atoms with E-state index in [2.05, 4.69) is 31.3 Å². The van der Waals surface area contributed by atoms with Gasteiger partial charge < -0.3 is 21.1 Å². The molecule has 25 heavy (non-hydrogen) atoms. The minimum atomic E-state index is -2.92. The smallest absolute Gasteiger partial charge is 0.387 e. The fourth-order valence-corrected chi connectivity index (χ4v) is 2.66. The molecule has 0 bridgehead atoms. The highest BCUT2D eigenvalue weighted by molar-refractivity contribution is 9.10. The normalized spacial score (nSPS) is 10.6. The van der Waals surface area contributed by atoms with Crippen molar-refractivity contribution in [2.45, 2.75) is 19.7 Å². The first kappa shape index (κ1) is 19.1. The molecule has 5 nitrogen and oxygen atoms in total. The highest BCUT2D eigenvalue weighted by Crippen LogP contribution is 2.26. The van der Waals surface area contributed by atoms with Crippen LogP contribution in [0.5, 0.6) is 5.75 Å². The molecule has 2 aromatic carbocycles. The second-order valence-electron chi connectivity index (χ2n) is 5.15. The standard InChI is InChI=1S/C17H18BrF2N3O2/c1-22-16(24)13-4-3-12(18)7-14(13)23-9-11-6-10(8-21)2-5-15(11)25-17(19)20/h2-7,17,23H,8-9,21H2,1H3,(H,22,24). The molecule has 0 aliphatic rings. The van der Waals surface area contributed by atoms with Crippen LogP contribution >= 0.6 is 15.9 Å². The van der Waals surface area contributed by atoms with E-state index in [0.29, 0.717) is 16.8 Å². The number of carbonyl (C=O) groups is 1. The van der Waals surface area contributed by atoms with Crippen LogP contribution in [0, 0.1) is 0 Å². The molecular weight excluding hydrogens is 396 g/mol. The van der Waals surface area contributed by atoms with E-state index in [1.807, 2.05) is 0 Å². The van der Waals surface area contributed by atoms with Gasteiger partial charge in [0.05, 0.1) is 5.56 Å². The molecule has 0 saturated heterocycles. The lowest BCUT2D eigenvalue weighted by atomic mass is 10.1. The number of ether oxygens (including phenoxy) is 1. The number of rotatable bonds is 7. The van der Waals surface area contributed by atoms with Crippen LogP contribution in [-0.2, 0) is 13.1 Å². The molecule has 0 unspecified atom stereocenters. The molecule has 0 aromatic heterocycles. The van der Waals surface area contributed by atoms with E-state index < -0.39 is 6.61 Å². The fraction of sp³-hybridized carbons (Fsp3) is 0.235. The van der Waals surface area contributed by atoms with E-state index in [1.165, 1.54) is 13.1 Å². The molecular formula is C17H18BrF2N3O2. The van der Waals surface area contributed by atoms with Gasteiger partial charge in [-0.15, -0.1) is 0 Å². The van der Waals surface area contributed by atoms with Gasteiger partial charge in [0.1, 0.15) is 5.75 Å². The lowest BCUT2D eigenvalue weighted by molar-refractivity contribution is -0.0504. The number of anilines is 1. The summed E-state index contributed by atoms with van der Waals surface area (Å²) in [5, 5.41) is 5.65. The predicted molar refractivity (Wildman–Crippen MR) is 95.8 cm³/mol. The van der Waals surface area contributed by atoms with E-state index in [-0.39, 0.29) is 24.7 Å². The molecule has 8 heteroatoms. The van der Waals surface area contributed by atoms with Gasteiger partial charge in [-0.25, -0.2) is 0 Å². The number of hydrogen-bond donors (Lipinski definition) is 3. The van der Waals surface area contributed by atoms with Crippen molar-refractivity contribution in [3.8, 4) is 5.75 Å². The zero-order valence-corrected chi connectivity index (χ0v) is 15.1. The van der Waals surface area contributed by atoms with Gasteiger partial charge in [0.25, 0.3) is 5.91 Å². The fourth-order valence-electron chi connectivity index (χ4n) is 2.29. The number of hydrogen-bond acceptors (Lipinski definition) is 4. The Morgan fingerprint density at radius 1 is 1.28 bits per heavy atom. The van der Waals surface area contributed by atoms with Gasteiger partial charge in [0, 0.05) is 35.9 Å². The van der Waals surface area contributed by atoms with Crippen LogP contribution in [0.15, 0.2) is 40.9 Å². The summed E-state index contributed by atoms with van der Waals surface area (Å²) in [7, 11) is 1.54. The number of alkyl halides is 2. The molecule has 0 fully saturated rings. The number of benzene rings is 2. The van der Waals surface area contributed by atoms with Gasteiger partial charge in [-0.1, -0.05) is 22.0 Å². The third-order valence-electron chi connectivity index (χ3n) is 3.50. The Morgan fingerprint density at radius 3 is 2.68 bits per heavy atom. The van der Waals surface area contributed by atoms with Gasteiger partial charge in [-0.05, 0) is 35.9 Å². The monoisotopic (exact) mass is 413 g/mol. The van der Waals surface area contributed by atoms with Crippen LogP contribution in [0.1, 0.15) is 21.5 Å². The lowest BCUT2D eigenvalue weighted by Crippen LogP contribution is -2.19. The van der Waals surface area contributed by atoms with E-state index in [1.54, 1.807) is 30.3 Å². The summed E-state index contributed by atoms with van der Waals surface area (Å²) in [4.78, 5) is 12.0. The Balaban J connectivity index is 2.29. The van der Waals surface area contributed by atoms with Crippen molar-refractivity contribution in [2.75, 3.05) is 12.4 Å². The van der Waals surface area contributed by atoms with Crippen LogP contribution in [0.2, 0.25) is 0 Å². The van der Waals surface area contributed by atoms with Crippen LogP contribution in [-0.4, -0.2) is 19.6 Å². The molecule has 4 N–H and O–H groups in total. The van der Waals surface area contributed by atoms with Crippen molar-refractivity contribution in [1.82, 2.24) is 5.32 Å². The summed E-state index contributed by atoms with van der Waals surface area (Å²) in [6.45, 7) is -2.45. The minimum Gasteiger partial charge on any atom is -0.434 e. The maximum atomic E-state index is 12.6. The molecule has 0 spiro atoms. The largest absolute Gasteiger partial charge is 0.434 e. The summed E-state index contributed by atoms with van der Waals surface area (Å²) in [5.41, 5.74) is 7.93. The number of nitrogens with one attached hydrogen (secondary N) is 2. The van der Waals surface area contributed by atoms with Crippen LogP contribution < -0.4 is 21.1 Å². The third kappa shape index (κ3) is 5.14. The van der Waals surface area contributed by atoms with E-state index in [9.17, 15) is 13.6 Å². The maximum absolute atomic E-state index is 12.6. The van der Waals surface area contributed by atoms with Gasteiger partial charge in [-0.3, -0.25) is 4.79 Å². The number of carbonyl (C=O) groups excluding carboxylic acids is 1. The molecule has 2 aromatic rings. The van der Waals surface area contributed by atoms with Crippen LogP contribution in [0.25, 0.3) is 0 Å². The van der Waals surface area contributed by atoms with Crippen molar-refractivity contribution in [3.63, 3.8) is 0 Å². The molecule has 0 aliphatic heterocycles. The predicted octanol–water partition coefficient (Wildman–Crippen LogP) is 3.48. The third-order valence-corrected chi connectivity index (χ3v) is 3.99. The minimum absolute atomic E-state index is 0.0659. The van der Waals surface area contributed by atoms with Gasteiger partial charge >= 0.3 is 6.61 Å². The molecule has 0 heterocycles. The van der Waals surface area contributed by atoms with Crippen molar-refractivity contribution < 1.29 is 18.3 Å². The average Bonchev–Trinajstić information content (AvgIpc) is 2.59. The van der Waals surface area contributed by atoms with Crippen molar-refractivity contribution >= 4 is 27.5 Å². The maximum Gasteiger partial charge on any atom is 0.387 e. The number of nitrogens with two attached hydrogens (primary N) is 1. The molecule has 1 amide bonds. The first-order chi connectivity index (χ1) is 11.9. The molecule has 2 rings (SSSR count). The van der Waals surface area contributed by atoms with Crippen molar-refractivity contribution in [3.05, 3.63) is 57.6 Å². The molecule has 0 atom stereocenters. The summed E-state index contributed by atoms with van der Waals surface area (Å²) >= 11 is 3.35. The first-order valence-electron chi connectivity index (χ1n) is 7.46. The number of halogens is 3. The second-order valence-corrected chi connectivity index (χ2v) is 6.06. The van der Waals surface area contributed by atoms with Crippen molar-refractivity contribution in [2.24, 2.45) is 5.73 Å². The quantitative estimate of drug-likeness (QED) is 0.649. The van der Waals surface area contributed by atoms with E-state index in [0.717, 1.165) is 10.0 Å². The van der Waals surface area contributed by atoms with Gasteiger partial charge in [0.15, 0.2) is 0 Å². The Morgan fingerprint density at radius 2 is 2.04 bits per heavy atom. The van der Waals surface area contributed by atoms with Gasteiger partial charge in [0.2, 0.25) is 0 Å². The van der Waals surface area contributed by atoms with Crippen LogP contribution in [0.4, 0.5) is 14.5 Å². The second kappa shape index (κ2) is 8.77. The summed E-state index contributed by atoms with van der Waals surface area (Å²) in [5.74, 6) is -0.189. The Kier molecular flexibility index (Phi) is 6.72. The highest BCUT2D eigenvalue weighted by Gasteiger charge is 2.13. The van der Waals surface area contributed by atoms with E-state index >= 15 is 0 Å². The SMILES string of the molecule is CNC(=O)c1ccc(Br)cc1NCc1cc(CN)ccc1OC(F)F. The van der Waals surface area contributed by atoms with E-state index in [4.69, 9.17) is 5.73 Å². The summed E-state index contributed by atoms with van der Waals surface area (Å²) in [6.07, 6.45) is 0. The highest BCUT2D eigenvalue weighted by atomic mass is 79.9. The Labute approximate surface area is 152 Å². The van der Waals surface area contributed by atoms with Crippen LogP contribution in [0.3, 0.4) is 0 Å². The number of amides is 1. The Hall–Kier alpha value is -2.19. The summed E-state index contributed by atoms with van der Waals surface area (Å²) in [6, 6.07) is 9.95. The summed E-state index contributed by atoms with van der Waals surface area (Å²) < 4.78 is 30.5. The molecule has 134 valence electrons. The first-order valence-corrected chi connectivity index (χ1v) is 8.26. The average molecular weight is 414 g/mol. The molecule has 0 radical (unpaired) electrons. The lowest BCUT2D eigenvalue weighted by Gasteiger charge is -2.15. The topological polar surface area (TPSA) is 76.4 Å². The molecule has 0 saturated carbocycles. The zero-order chi connectivity index (χ0) is 18.4. The molecule has 0 aliphatic carbocycles. The zero-order valence-electron chi connectivity index (χ0n) is 13.5. The Bertz CT molecular complexity index is 757. The van der Waals surface area contributed by atoms with Gasteiger partial charge in [-0.2, -0.15) is 8.78 Å². The van der Waals surface area contributed by atoms with Crippen molar-refractivity contribution in [1.29, 1.82) is 0 Å².